The molecule has 0 aliphatic carbocycles. The summed E-state index contributed by atoms with van der Waals surface area (Å²) in [5.41, 5.74) is -1.48. The topological polar surface area (TPSA) is 69.6 Å². The highest BCUT2D eigenvalue weighted by atomic mass is 32.2. The number of hydrogen-bond donors (Lipinski definition) is 3. The summed E-state index contributed by atoms with van der Waals surface area (Å²) in [6.45, 7) is 1.56. The van der Waals surface area contributed by atoms with Crippen LogP contribution in [0.5, 0.6) is 5.75 Å². The number of carbonyl (C=O) groups excluding carboxylic acids is 1. The number of benzene rings is 1. The minimum atomic E-state index is -1.07. The summed E-state index contributed by atoms with van der Waals surface area (Å²) in [5, 5.41) is 21.7. The van der Waals surface area contributed by atoms with Crippen LogP contribution in [0.1, 0.15) is 17.3 Å². The minimum absolute atomic E-state index is 0.0134. The summed E-state index contributed by atoms with van der Waals surface area (Å²) >= 11 is 1.44. The molecule has 0 fully saturated rings. The average Bonchev–Trinajstić information content (AvgIpc) is 2.26. The predicted octanol–water partition coefficient (Wildman–Crippen LogP) is 1.38. The van der Waals surface area contributed by atoms with E-state index in [2.05, 4.69) is 5.32 Å². The number of phenols is 1. The zero-order valence-corrected chi connectivity index (χ0v) is 11.1. The molecule has 1 amide bonds. The van der Waals surface area contributed by atoms with Gasteiger partial charge in [0.25, 0.3) is 5.91 Å². The van der Waals surface area contributed by atoms with Crippen molar-refractivity contribution in [3.05, 3.63) is 29.6 Å². The summed E-state index contributed by atoms with van der Waals surface area (Å²) < 4.78 is 13.4. The quantitative estimate of drug-likeness (QED) is 0.758. The lowest BCUT2D eigenvalue weighted by Gasteiger charge is -2.22. The molecule has 6 heteroatoms. The molecule has 1 unspecified atom stereocenters. The van der Waals surface area contributed by atoms with Crippen molar-refractivity contribution in [2.75, 3.05) is 18.6 Å². The first kappa shape index (κ1) is 14.8. The van der Waals surface area contributed by atoms with E-state index in [1.165, 1.54) is 23.9 Å². The van der Waals surface area contributed by atoms with Crippen LogP contribution >= 0.6 is 11.8 Å². The number of hydrogen-bond acceptors (Lipinski definition) is 4. The fourth-order valence-electron chi connectivity index (χ4n) is 1.46. The first-order valence-electron chi connectivity index (χ1n) is 5.34. The minimum Gasteiger partial charge on any atom is -0.507 e. The second-order valence-corrected chi connectivity index (χ2v) is 5.11. The zero-order valence-electron chi connectivity index (χ0n) is 10.2. The third-order valence-electron chi connectivity index (χ3n) is 2.30. The molecule has 0 radical (unpaired) electrons. The van der Waals surface area contributed by atoms with Crippen molar-refractivity contribution >= 4 is 17.7 Å². The molecule has 0 saturated carbocycles. The number of aromatic hydroxyl groups is 1. The van der Waals surface area contributed by atoms with Crippen LogP contribution in [0, 0.1) is 5.82 Å². The van der Waals surface area contributed by atoms with E-state index in [-0.39, 0.29) is 6.54 Å². The van der Waals surface area contributed by atoms with Crippen molar-refractivity contribution < 1.29 is 19.4 Å². The SMILES string of the molecule is CSCC(C)(O)CNC(=O)c1c(O)cccc1F. The molecular weight excluding hydrogens is 257 g/mol. The van der Waals surface area contributed by atoms with Gasteiger partial charge in [0.05, 0.1) is 5.60 Å². The maximum Gasteiger partial charge on any atom is 0.258 e. The molecule has 100 valence electrons. The molecule has 3 N–H and O–H groups in total. The van der Waals surface area contributed by atoms with Gasteiger partial charge in [-0.2, -0.15) is 11.8 Å². The molecule has 18 heavy (non-hydrogen) atoms. The Morgan fingerprint density at radius 1 is 1.56 bits per heavy atom. The molecule has 1 aromatic carbocycles. The third-order valence-corrected chi connectivity index (χ3v) is 3.21. The Labute approximate surface area is 109 Å². The van der Waals surface area contributed by atoms with Gasteiger partial charge in [-0.05, 0) is 25.3 Å². The summed E-state index contributed by atoms with van der Waals surface area (Å²) in [6, 6.07) is 3.64. The first-order valence-corrected chi connectivity index (χ1v) is 6.74. The van der Waals surface area contributed by atoms with Gasteiger partial charge in [0.1, 0.15) is 17.1 Å². The van der Waals surface area contributed by atoms with E-state index in [0.29, 0.717) is 5.75 Å². The van der Waals surface area contributed by atoms with E-state index in [1.54, 1.807) is 6.92 Å². The summed E-state index contributed by atoms with van der Waals surface area (Å²) in [7, 11) is 0. The Balaban J connectivity index is 2.72. The molecule has 0 spiro atoms. The van der Waals surface area contributed by atoms with Crippen LogP contribution in [-0.2, 0) is 0 Å². The fourth-order valence-corrected chi connectivity index (χ4v) is 2.18. The summed E-state index contributed by atoms with van der Waals surface area (Å²) in [6.07, 6.45) is 1.83. The van der Waals surface area contributed by atoms with Crippen molar-refractivity contribution in [3.8, 4) is 5.75 Å². The van der Waals surface area contributed by atoms with E-state index < -0.39 is 28.6 Å². The normalized spacial score (nSPS) is 14.0. The highest BCUT2D eigenvalue weighted by molar-refractivity contribution is 7.98. The molecule has 0 heterocycles. The van der Waals surface area contributed by atoms with Gasteiger partial charge in [-0.15, -0.1) is 0 Å². The van der Waals surface area contributed by atoms with Crippen molar-refractivity contribution in [1.82, 2.24) is 5.32 Å². The average molecular weight is 273 g/mol. The van der Waals surface area contributed by atoms with E-state index >= 15 is 0 Å². The van der Waals surface area contributed by atoms with Crippen LogP contribution in [0.3, 0.4) is 0 Å². The maximum atomic E-state index is 13.4. The van der Waals surface area contributed by atoms with Gasteiger partial charge in [0.15, 0.2) is 0 Å². The second-order valence-electron chi connectivity index (χ2n) is 4.25. The molecular formula is C12H16FNO3S. The van der Waals surface area contributed by atoms with Gasteiger partial charge >= 0.3 is 0 Å². The van der Waals surface area contributed by atoms with Gasteiger partial charge in [0.2, 0.25) is 0 Å². The molecule has 1 atom stereocenters. The number of nitrogens with one attached hydrogen (secondary N) is 1. The number of rotatable bonds is 5. The Morgan fingerprint density at radius 2 is 2.22 bits per heavy atom. The number of aliphatic hydroxyl groups is 1. The number of halogens is 1. The Kier molecular flexibility index (Phi) is 4.98. The van der Waals surface area contributed by atoms with Crippen LogP contribution < -0.4 is 5.32 Å². The molecule has 0 saturated heterocycles. The van der Waals surface area contributed by atoms with Gasteiger partial charge in [-0.3, -0.25) is 4.79 Å². The lowest BCUT2D eigenvalue weighted by Crippen LogP contribution is -2.42. The van der Waals surface area contributed by atoms with Gasteiger partial charge < -0.3 is 15.5 Å². The van der Waals surface area contributed by atoms with Crippen LogP contribution in [0.2, 0.25) is 0 Å². The number of phenolic OH excluding ortho intramolecular Hbond substituents is 1. The first-order chi connectivity index (χ1) is 8.37. The summed E-state index contributed by atoms with van der Waals surface area (Å²) in [4.78, 5) is 11.7. The number of thioether (sulfide) groups is 1. The molecule has 0 aromatic heterocycles. The largest absolute Gasteiger partial charge is 0.507 e. The van der Waals surface area contributed by atoms with Gasteiger partial charge in [-0.1, -0.05) is 6.07 Å². The lowest BCUT2D eigenvalue weighted by atomic mass is 10.1. The number of carbonyl (C=O) groups is 1. The third kappa shape index (κ3) is 3.89. The lowest BCUT2D eigenvalue weighted by molar-refractivity contribution is 0.0721. The van der Waals surface area contributed by atoms with Crippen LogP contribution in [-0.4, -0.2) is 40.3 Å². The highest BCUT2D eigenvalue weighted by Gasteiger charge is 2.23. The van der Waals surface area contributed by atoms with E-state index in [4.69, 9.17) is 0 Å². The Morgan fingerprint density at radius 3 is 2.78 bits per heavy atom. The Hall–Kier alpha value is -1.27. The highest BCUT2D eigenvalue weighted by Crippen LogP contribution is 2.19. The van der Waals surface area contributed by atoms with Crippen molar-refractivity contribution in [3.63, 3.8) is 0 Å². The fraction of sp³-hybridized carbons (Fsp3) is 0.417. The van der Waals surface area contributed by atoms with Crippen molar-refractivity contribution in [2.45, 2.75) is 12.5 Å². The van der Waals surface area contributed by atoms with Crippen LogP contribution in [0.25, 0.3) is 0 Å². The molecule has 4 nitrogen and oxygen atoms in total. The predicted molar refractivity (Wildman–Crippen MR) is 69.4 cm³/mol. The van der Waals surface area contributed by atoms with Crippen LogP contribution in [0.15, 0.2) is 18.2 Å². The van der Waals surface area contributed by atoms with Gasteiger partial charge in [-0.25, -0.2) is 4.39 Å². The zero-order chi connectivity index (χ0) is 13.8. The standard InChI is InChI=1S/C12H16FNO3S/c1-12(17,7-18-2)6-14-11(16)10-8(13)4-3-5-9(10)15/h3-5,15,17H,6-7H2,1-2H3,(H,14,16). The molecule has 0 aliphatic heterocycles. The molecule has 0 aliphatic rings. The van der Waals surface area contributed by atoms with E-state index in [9.17, 15) is 19.4 Å². The number of amides is 1. The molecule has 1 rings (SSSR count). The van der Waals surface area contributed by atoms with Crippen molar-refractivity contribution in [2.24, 2.45) is 0 Å². The molecule has 1 aromatic rings. The smallest absolute Gasteiger partial charge is 0.258 e. The second kappa shape index (κ2) is 6.06. The van der Waals surface area contributed by atoms with Crippen LogP contribution in [0.4, 0.5) is 4.39 Å². The summed E-state index contributed by atoms with van der Waals surface area (Å²) in [5.74, 6) is -1.52. The Bertz CT molecular complexity index is 417. The van der Waals surface area contributed by atoms with E-state index in [1.807, 2.05) is 6.26 Å². The molecule has 0 bridgehead atoms. The van der Waals surface area contributed by atoms with Crippen molar-refractivity contribution in [1.29, 1.82) is 0 Å². The monoisotopic (exact) mass is 273 g/mol. The van der Waals surface area contributed by atoms with E-state index in [0.717, 1.165) is 6.07 Å². The van der Waals surface area contributed by atoms with Gasteiger partial charge in [0, 0.05) is 12.3 Å². The maximum absolute atomic E-state index is 13.4.